The van der Waals surface area contributed by atoms with Crippen LogP contribution >= 0.6 is 0 Å². The highest BCUT2D eigenvalue weighted by Gasteiger charge is 2.21. The summed E-state index contributed by atoms with van der Waals surface area (Å²) in [6.07, 6.45) is 1.33. The third-order valence-electron chi connectivity index (χ3n) is 6.56. The lowest BCUT2D eigenvalue weighted by Gasteiger charge is -2.32. The van der Waals surface area contributed by atoms with Gasteiger partial charge >= 0.3 is 17.9 Å². The van der Waals surface area contributed by atoms with Gasteiger partial charge in [-0.2, -0.15) is 10.2 Å². The molecule has 0 radical (unpaired) electrons. The van der Waals surface area contributed by atoms with Gasteiger partial charge < -0.3 is 20.6 Å². The first kappa shape index (κ1) is 32.3. The zero-order valence-electron chi connectivity index (χ0n) is 23.0. The van der Waals surface area contributed by atoms with Crippen molar-refractivity contribution in [2.45, 2.75) is 6.54 Å². The zero-order chi connectivity index (χ0) is 30.5. The number of aliphatic carboxylic acids is 3. The van der Waals surface area contributed by atoms with Crippen LogP contribution in [-0.4, -0.2) is 149 Å². The fourth-order valence-electron chi connectivity index (χ4n) is 4.50. The summed E-state index contributed by atoms with van der Waals surface area (Å²) in [7, 11) is 0. The SMILES string of the molecule is O=C(O)CN1CCN(CC(=O)O)CCN(CC(=O)NCc2cc(F)cc(C3=NNC=NN3)c2)CCN(CC(=O)O)CC1. The van der Waals surface area contributed by atoms with Crippen molar-refractivity contribution >= 4 is 36.0 Å². The number of amidine groups is 1. The quantitative estimate of drug-likeness (QED) is 0.160. The molecule has 0 unspecified atom stereocenters. The second-order valence-electron chi connectivity index (χ2n) is 9.87. The maximum atomic E-state index is 14.3. The average molecular weight is 594 g/mol. The number of rotatable bonds is 11. The summed E-state index contributed by atoms with van der Waals surface area (Å²) < 4.78 is 14.3. The lowest BCUT2D eigenvalue weighted by molar-refractivity contribution is -0.140. The molecule has 1 saturated heterocycles. The number of carbonyl (C=O) groups is 4. The molecule has 1 aromatic rings. The van der Waals surface area contributed by atoms with Crippen LogP contribution in [0.2, 0.25) is 0 Å². The van der Waals surface area contributed by atoms with Crippen molar-refractivity contribution in [1.29, 1.82) is 0 Å². The van der Waals surface area contributed by atoms with E-state index >= 15 is 0 Å². The number of amides is 1. The Hall–Kier alpha value is -4.19. The Balaban J connectivity index is 1.66. The maximum Gasteiger partial charge on any atom is 0.317 e. The van der Waals surface area contributed by atoms with E-state index in [-0.39, 0.29) is 77.9 Å². The van der Waals surface area contributed by atoms with E-state index in [1.807, 2.05) is 0 Å². The Morgan fingerprint density at radius 3 is 1.67 bits per heavy atom. The molecule has 3 rings (SSSR count). The van der Waals surface area contributed by atoms with Gasteiger partial charge in [-0.1, -0.05) is 0 Å². The Labute approximate surface area is 241 Å². The second kappa shape index (κ2) is 16.3. The Morgan fingerprint density at radius 1 is 0.762 bits per heavy atom. The zero-order valence-corrected chi connectivity index (χ0v) is 23.0. The van der Waals surface area contributed by atoms with Crippen LogP contribution in [0.25, 0.3) is 0 Å². The first-order chi connectivity index (χ1) is 20.1. The molecule has 42 heavy (non-hydrogen) atoms. The molecule has 0 aliphatic carbocycles. The molecule has 16 nitrogen and oxygen atoms in total. The first-order valence-corrected chi connectivity index (χ1v) is 13.3. The molecule has 1 amide bonds. The molecule has 1 fully saturated rings. The van der Waals surface area contributed by atoms with Gasteiger partial charge in [0.1, 0.15) is 12.2 Å². The number of hydrogen-bond donors (Lipinski definition) is 6. The van der Waals surface area contributed by atoms with Crippen molar-refractivity contribution in [2.75, 3.05) is 78.5 Å². The van der Waals surface area contributed by atoms with Crippen molar-refractivity contribution in [3.05, 3.63) is 35.1 Å². The number of carbonyl (C=O) groups excluding carboxylic acids is 1. The smallest absolute Gasteiger partial charge is 0.317 e. The average Bonchev–Trinajstić information content (AvgIpc) is 2.92. The number of benzene rings is 1. The van der Waals surface area contributed by atoms with E-state index in [4.69, 9.17) is 0 Å². The third kappa shape index (κ3) is 11.7. The van der Waals surface area contributed by atoms with Gasteiger partial charge in [0.25, 0.3) is 0 Å². The van der Waals surface area contributed by atoms with Crippen LogP contribution in [0.3, 0.4) is 0 Å². The fraction of sp³-hybridized carbons (Fsp3) is 0.520. The van der Waals surface area contributed by atoms with Gasteiger partial charge in [0.15, 0.2) is 5.84 Å². The number of nitrogens with one attached hydrogen (secondary N) is 3. The summed E-state index contributed by atoms with van der Waals surface area (Å²) >= 11 is 0. The lowest BCUT2D eigenvalue weighted by atomic mass is 10.1. The third-order valence-corrected chi connectivity index (χ3v) is 6.56. The van der Waals surface area contributed by atoms with Crippen molar-refractivity contribution in [1.82, 2.24) is 35.8 Å². The number of hydrazone groups is 2. The molecule has 0 saturated carbocycles. The van der Waals surface area contributed by atoms with E-state index in [9.17, 15) is 38.9 Å². The molecular weight excluding hydrogens is 557 g/mol. The summed E-state index contributed by atoms with van der Waals surface area (Å²) in [4.78, 5) is 53.9. The molecule has 230 valence electrons. The van der Waals surface area contributed by atoms with E-state index < -0.39 is 23.7 Å². The van der Waals surface area contributed by atoms with Crippen molar-refractivity contribution in [2.24, 2.45) is 10.2 Å². The van der Waals surface area contributed by atoms with Crippen molar-refractivity contribution < 1.29 is 38.9 Å². The Bertz CT molecular complexity index is 1150. The highest BCUT2D eigenvalue weighted by Crippen LogP contribution is 2.11. The van der Waals surface area contributed by atoms with Crippen LogP contribution in [0.4, 0.5) is 4.39 Å². The minimum Gasteiger partial charge on any atom is -0.480 e. The van der Waals surface area contributed by atoms with E-state index in [2.05, 4.69) is 26.4 Å². The molecule has 0 spiro atoms. The summed E-state index contributed by atoms with van der Waals surface area (Å²) in [6, 6.07) is 4.24. The van der Waals surface area contributed by atoms with Crippen molar-refractivity contribution in [3.63, 3.8) is 0 Å². The molecule has 2 aliphatic rings. The Kier molecular flexibility index (Phi) is 12.5. The molecule has 2 aliphatic heterocycles. The summed E-state index contributed by atoms with van der Waals surface area (Å²) in [6.45, 7) is 1.54. The molecule has 1 aromatic carbocycles. The minimum absolute atomic E-state index is 0.0388. The van der Waals surface area contributed by atoms with Crippen LogP contribution in [0, 0.1) is 5.82 Å². The monoisotopic (exact) mass is 593 g/mol. The number of nitrogens with zero attached hydrogens (tertiary/aromatic N) is 6. The first-order valence-electron chi connectivity index (χ1n) is 13.3. The van der Waals surface area contributed by atoms with Gasteiger partial charge in [-0.05, 0) is 23.8 Å². The van der Waals surface area contributed by atoms with Crippen LogP contribution in [0.1, 0.15) is 11.1 Å². The standard InChI is InChI=1S/C25H36FN9O7/c26-20-10-18(9-19(11-20)25-30-28-17-29-31-25)12-27-21(36)13-32-1-3-33(14-22(37)38)5-7-35(16-24(41)42)8-6-34(4-2-32)15-23(39)40/h9-11,17H,1-8,12-16H2,(H,27,36)(H,28,29)(H,30,31)(H,37,38)(H,39,40)(H,41,42). The van der Waals surface area contributed by atoms with Crippen LogP contribution in [-0.2, 0) is 25.7 Å². The molecule has 0 atom stereocenters. The van der Waals surface area contributed by atoms with Gasteiger partial charge in [0.2, 0.25) is 5.91 Å². The van der Waals surface area contributed by atoms with E-state index in [1.54, 1.807) is 25.7 Å². The Morgan fingerprint density at radius 2 is 1.24 bits per heavy atom. The van der Waals surface area contributed by atoms with E-state index in [0.29, 0.717) is 30.1 Å². The summed E-state index contributed by atoms with van der Waals surface area (Å²) in [5.74, 6) is -3.65. The van der Waals surface area contributed by atoms with Crippen molar-refractivity contribution in [3.8, 4) is 0 Å². The number of halogens is 1. The number of hydrogen-bond acceptors (Lipinski definition) is 12. The van der Waals surface area contributed by atoms with Crippen LogP contribution < -0.4 is 16.2 Å². The van der Waals surface area contributed by atoms with Gasteiger partial charge in [0.05, 0.1) is 26.2 Å². The lowest BCUT2D eigenvalue weighted by Crippen LogP contribution is -2.49. The molecule has 0 bridgehead atoms. The minimum atomic E-state index is -1.03. The highest BCUT2D eigenvalue weighted by molar-refractivity contribution is 6.00. The molecular formula is C25H36FN9O7. The van der Waals surface area contributed by atoms with Crippen LogP contribution in [0.15, 0.2) is 28.4 Å². The second-order valence-corrected chi connectivity index (χ2v) is 9.87. The largest absolute Gasteiger partial charge is 0.480 e. The highest BCUT2D eigenvalue weighted by atomic mass is 19.1. The maximum absolute atomic E-state index is 14.3. The number of carboxylic acids is 3. The van der Waals surface area contributed by atoms with E-state index in [1.165, 1.54) is 18.5 Å². The van der Waals surface area contributed by atoms with Gasteiger partial charge in [0, 0.05) is 64.5 Å². The fourth-order valence-corrected chi connectivity index (χ4v) is 4.50. The van der Waals surface area contributed by atoms with Gasteiger partial charge in [-0.25, -0.2) is 4.39 Å². The van der Waals surface area contributed by atoms with E-state index in [0.717, 1.165) is 0 Å². The summed E-state index contributed by atoms with van der Waals surface area (Å²) in [5, 5.41) is 38.6. The predicted octanol–water partition coefficient (Wildman–Crippen LogP) is -2.28. The van der Waals surface area contributed by atoms with Gasteiger partial charge in [-0.3, -0.25) is 49.6 Å². The predicted molar refractivity (Wildman–Crippen MR) is 148 cm³/mol. The normalized spacial score (nSPS) is 18.1. The van der Waals surface area contributed by atoms with Gasteiger partial charge in [-0.15, -0.1) is 0 Å². The van der Waals surface area contributed by atoms with Crippen LogP contribution in [0.5, 0.6) is 0 Å². The molecule has 0 aromatic heterocycles. The topological polar surface area (TPSA) is 203 Å². The molecule has 2 heterocycles. The molecule has 6 N–H and O–H groups in total. The number of carboxylic acid groups (broad SMARTS) is 3. The molecule has 17 heteroatoms. The summed E-state index contributed by atoms with van der Waals surface area (Å²) in [5.41, 5.74) is 6.17.